The van der Waals surface area contributed by atoms with E-state index in [1.807, 2.05) is 0 Å². The number of hydrogen-bond acceptors (Lipinski definition) is 1. The summed E-state index contributed by atoms with van der Waals surface area (Å²) < 4.78 is 0. The Kier molecular flexibility index (Phi) is 3.32. The average Bonchev–Trinajstić information content (AvgIpc) is 3.20. The summed E-state index contributed by atoms with van der Waals surface area (Å²) in [5.41, 5.74) is 0.936. The van der Waals surface area contributed by atoms with E-state index in [1.165, 1.54) is 51.4 Å². The molecule has 1 nitrogen and oxygen atoms in total. The molecule has 0 unspecified atom stereocenters. The van der Waals surface area contributed by atoms with Crippen molar-refractivity contribution >= 4 is 5.78 Å². The van der Waals surface area contributed by atoms with E-state index in [0.717, 1.165) is 29.5 Å². The van der Waals surface area contributed by atoms with Crippen LogP contribution in [0.1, 0.15) is 86.0 Å². The molecule has 0 aliphatic heterocycles. The Morgan fingerprint density at radius 1 is 0.960 bits per heavy atom. The van der Waals surface area contributed by atoms with Crippen molar-refractivity contribution in [2.45, 2.75) is 86.0 Å². The molecule has 0 aromatic heterocycles. The van der Waals surface area contributed by atoms with Crippen molar-refractivity contribution in [1.29, 1.82) is 0 Å². The molecule has 5 aliphatic rings. The van der Waals surface area contributed by atoms with Gasteiger partial charge in [0.1, 0.15) is 5.78 Å². The lowest BCUT2D eigenvalue weighted by Crippen LogP contribution is -2.42. The fourth-order valence-electron chi connectivity index (χ4n) is 9.63. The first-order chi connectivity index (χ1) is 11.7. The van der Waals surface area contributed by atoms with Gasteiger partial charge in [-0.15, -0.1) is 0 Å². The molecule has 140 valence electrons. The van der Waals surface area contributed by atoms with Crippen LogP contribution in [0.4, 0.5) is 0 Å². The number of ketones is 1. The zero-order valence-electron chi connectivity index (χ0n) is 17.1. The summed E-state index contributed by atoms with van der Waals surface area (Å²) >= 11 is 0. The molecule has 0 heterocycles. The zero-order valence-corrected chi connectivity index (χ0v) is 17.1. The summed E-state index contributed by atoms with van der Waals surface area (Å²) in [4.78, 5) is 13.9. The Bertz CT molecular complexity index is 607. The Hall–Kier alpha value is -0.330. The minimum Gasteiger partial charge on any atom is -0.299 e. The summed E-state index contributed by atoms with van der Waals surface area (Å²) in [6, 6.07) is 0. The fourth-order valence-corrected chi connectivity index (χ4v) is 9.63. The van der Waals surface area contributed by atoms with Gasteiger partial charge in [0, 0.05) is 11.3 Å². The molecule has 0 aromatic rings. The second-order valence-corrected chi connectivity index (χ2v) is 11.8. The SMILES string of the molecule is CC(C)[C@@H]1CC[C@]2(C)C[C@@H]3[C@@H](C[C@@H]12)C(=O)[C@@]12CC[C@@H](C)[C@@H]1CC[C@@]32C. The van der Waals surface area contributed by atoms with Crippen molar-refractivity contribution in [3.8, 4) is 0 Å². The Morgan fingerprint density at radius 2 is 1.72 bits per heavy atom. The van der Waals surface area contributed by atoms with Gasteiger partial charge in [-0.05, 0) is 97.7 Å². The molecule has 5 fully saturated rings. The molecule has 0 amide bonds. The molecule has 0 saturated heterocycles. The molecule has 0 N–H and O–H groups in total. The standard InChI is InChI=1S/C24H38O/c1-14(2)16-7-9-22(4)13-20-17(12-19(16)22)21(25)24-11-6-15(3)18(24)8-10-23(20,24)5/h14-20H,6-13H2,1-5H3/t15-,16+,17-,18+,19+,20-,22-,23+,24-/m1/s1. The average molecular weight is 343 g/mol. The molecule has 25 heavy (non-hydrogen) atoms. The molecule has 0 radical (unpaired) electrons. The highest BCUT2D eigenvalue weighted by atomic mass is 16.1. The Balaban J connectivity index is 1.55. The monoisotopic (exact) mass is 342 g/mol. The Labute approximate surface area is 154 Å². The van der Waals surface area contributed by atoms with Crippen molar-refractivity contribution in [3.05, 3.63) is 0 Å². The molecular formula is C24H38O. The van der Waals surface area contributed by atoms with Crippen LogP contribution in [0.15, 0.2) is 0 Å². The van der Waals surface area contributed by atoms with Crippen LogP contribution in [-0.4, -0.2) is 5.78 Å². The second kappa shape index (κ2) is 4.93. The summed E-state index contributed by atoms with van der Waals surface area (Å²) in [5.74, 6) is 5.82. The van der Waals surface area contributed by atoms with Crippen molar-refractivity contribution < 1.29 is 4.79 Å². The van der Waals surface area contributed by atoms with Gasteiger partial charge in [-0.1, -0.05) is 34.6 Å². The van der Waals surface area contributed by atoms with Crippen LogP contribution in [0.2, 0.25) is 0 Å². The minimum atomic E-state index is 0.0874. The maximum Gasteiger partial charge on any atom is 0.143 e. The third kappa shape index (κ3) is 1.75. The molecule has 9 atom stereocenters. The second-order valence-electron chi connectivity index (χ2n) is 11.8. The normalized spacial score (nSPS) is 59.8. The van der Waals surface area contributed by atoms with E-state index in [2.05, 4.69) is 34.6 Å². The van der Waals surface area contributed by atoms with E-state index in [0.29, 0.717) is 28.6 Å². The first-order valence-electron chi connectivity index (χ1n) is 11.3. The Morgan fingerprint density at radius 3 is 2.44 bits per heavy atom. The number of fused-ring (bicyclic) bond motifs is 3. The van der Waals surface area contributed by atoms with Crippen LogP contribution in [-0.2, 0) is 4.79 Å². The van der Waals surface area contributed by atoms with Crippen molar-refractivity contribution in [2.24, 2.45) is 57.7 Å². The number of carbonyl (C=O) groups is 1. The van der Waals surface area contributed by atoms with Crippen molar-refractivity contribution in [1.82, 2.24) is 0 Å². The third-order valence-electron chi connectivity index (χ3n) is 10.9. The summed E-state index contributed by atoms with van der Waals surface area (Å²) in [5, 5.41) is 0. The summed E-state index contributed by atoms with van der Waals surface area (Å²) in [6.07, 6.45) is 10.6. The minimum absolute atomic E-state index is 0.0874. The molecule has 1 spiro atoms. The number of hydrogen-bond donors (Lipinski definition) is 0. The fraction of sp³-hybridized carbons (Fsp3) is 0.958. The highest BCUT2D eigenvalue weighted by Crippen LogP contribution is 2.77. The topological polar surface area (TPSA) is 17.1 Å². The number of carbonyl (C=O) groups excluding carboxylic acids is 1. The largest absolute Gasteiger partial charge is 0.299 e. The first-order valence-corrected chi connectivity index (χ1v) is 11.3. The van der Waals surface area contributed by atoms with E-state index in [9.17, 15) is 4.79 Å². The van der Waals surface area contributed by atoms with Gasteiger partial charge in [0.25, 0.3) is 0 Å². The molecule has 5 aliphatic carbocycles. The maximum absolute atomic E-state index is 13.9. The van der Waals surface area contributed by atoms with Crippen molar-refractivity contribution in [3.63, 3.8) is 0 Å². The van der Waals surface area contributed by atoms with Crippen LogP contribution < -0.4 is 0 Å². The zero-order chi connectivity index (χ0) is 17.8. The van der Waals surface area contributed by atoms with E-state index < -0.39 is 0 Å². The smallest absolute Gasteiger partial charge is 0.143 e. The van der Waals surface area contributed by atoms with E-state index in [1.54, 1.807) is 0 Å². The molecule has 5 saturated carbocycles. The molecule has 0 aromatic carbocycles. The van der Waals surface area contributed by atoms with Gasteiger partial charge < -0.3 is 0 Å². The van der Waals surface area contributed by atoms with Crippen LogP contribution in [0.25, 0.3) is 0 Å². The van der Waals surface area contributed by atoms with Gasteiger partial charge >= 0.3 is 0 Å². The van der Waals surface area contributed by atoms with Gasteiger partial charge in [-0.3, -0.25) is 4.79 Å². The lowest BCUT2D eigenvalue weighted by atomic mass is 9.55. The number of rotatable bonds is 1. The number of Topliss-reactive ketones (excluding diaryl/α,β-unsaturated/α-hetero) is 1. The molecule has 5 rings (SSSR count). The highest BCUT2D eigenvalue weighted by Gasteiger charge is 2.75. The van der Waals surface area contributed by atoms with Crippen LogP contribution in [0, 0.1) is 57.7 Å². The van der Waals surface area contributed by atoms with Gasteiger partial charge in [0.05, 0.1) is 0 Å². The van der Waals surface area contributed by atoms with Gasteiger partial charge in [0.15, 0.2) is 0 Å². The van der Waals surface area contributed by atoms with Crippen LogP contribution >= 0.6 is 0 Å². The van der Waals surface area contributed by atoms with Gasteiger partial charge in [0.2, 0.25) is 0 Å². The summed E-state index contributed by atoms with van der Waals surface area (Å²) in [6.45, 7) is 12.4. The van der Waals surface area contributed by atoms with E-state index in [-0.39, 0.29) is 5.41 Å². The predicted molar refractivity (Wildman–Crippen MR) is 102 cm³/mol. The first kappa shape index (κ1) is 16.8. The maximum atomic E-state index is 13.9. The van der Waals surface area contributed by atoms with Crippen LogP contribution in [0.5, 0.6) is 0 Å². The van der Waals surface area contributed by atoms with Crippen molar-refractivity contribution in [2.75, 3.05) is 0 Å². The third-order valence-corrected chi connectivity index (χ3v) is 10.9. The van der Waals surface area contributed by atoms with Crippen LogP contribution in [0.3, 0.4) is 0 Å². The van der Waals surface area contributed by atoms with E-state index in [4.69, 9.17) is 0 Å². The quantitative estimate of drug-likeness (QED) is 0.561. The van der Waals surface area contributed by atoms with E-state index >= 15 is 0 Å². The van der Waals surface area contributed by atoms with Gasteiger partial charge in [-0.2, -0.15) is 0 Å². The molecular weight excluding hydrogens is 304 g/mol. The molecule has 0 bridgehead atoms. The lowest BCUT2D eigenvalue weighted by molar-refractivity contribution is -0.133. The molecule has 1 heteroatoms. The summed E-state index contributed by atoms with van der Waals surface area (Å²) in [7, 11) is 0. The predicted octanol–water partition coefficient (Wildman–Crippen LogP) is 6.12. The lowest BCUT2D eigenvalue weighted by Gasteiger charge is -2.49. The highest BCUT2D eigenvalue weighted by molar-refractivity contribution is 5.92. The van der Waals surface area contributed by atoms with Gasteiger partial charge in [-0.25, -0.2) is 0 Å².